The summed E-state index contributed by atoms with van der Waals surface area (Å²) in [5.74, 6) is -0.393. The van der Waals surface area contributed by atoms with E-state index in [0.29, 0.717) is 18.8 Å². The second-order valence-corrected chi connectivity index (χ2v) is 9.40. The lowest BCUT2D eigenvalue weighted by molar-refractivity contribution is 0.0462. The molecule has 0 amide bonds. The number of rotatable bonds is 7. The molecule has 12 heteroatoms. The number of nitrogen functional groups attached to an aromatic ring is 1. The Kier molecular flexibility index (Phi) is 7.01. The van der Waals surface area contributed by atoms with Crippen molar-refractivity contribution in [2.24, 2.45) is 0 Å². The van der Waals surface area contributed by atoms with Crippen molar-refractivity contribution in [1.82, 2.24) is 19.3 Å². The first-order valence-electron chi connectivity index (χ1n) is 10.5. The van der Waals surface area contributed by atoms with Crippen LogP contribution in [0, 0.1) is 6.92 Å². The van der Waals surface area contributed by atoms with Gasteiger partial charge < -0.3 is 20.5 Å². The van der Waals surface area contributed by atoms with Crippen LogP contribution in [0.5, 0.6) is 0 Å². The molecule has 0 saturated carbocycles. The van der Waals surface area contributed by atoms with E-state index in [-0.39, 0.29) is 47.9 Å². The van der Waals surface area contributed by atoms with Gasteiger partial charge in [-0.15, -0.1) is 0 Å². The van der Waals surface area contributed by atoms with Crippen molar-refractivity contribution in [3.63, 3.8) is 0 Å². The number of sulfonamides is 1. The number of ether oxygens (including phenoxy) is 2. The maximum atomic E-state index is 13.1. The Morgan fingerprint density at radius 2 is 1.85 bits per heavy atom. The minimum absolute atomic E-state index is 0.0336. The fraction of sp³-hybridized carbons (Fsp3) is 0.273. The molecule has 1 saturated heterocycles. The average Bonchev–Trinajstić information content (AvgIpc) is 2.83. The third-order valence-electron chi connectivity index (χ3n) is 5.07. The van der Waals surface area contributed by atoms with E-state index in [9.17, 15) is 13.2 Å². The van der Waals surface area contributed by atoms with Crippen LogP contribution < -0.4 is 11.1 Å². The molecule has 34 heavy (non-hydrogen) atoms. The van der Waals surface area contributed by atoms with E-state index in [1.807, 2.05) is 30.3 Å². The first-order chi connectivity index (χ1) is 16.3. The molecule has 3 N–H and O–H groups in total. The highest BCUT2D eigenvalue weighted by Gasteiger charge is 2.28. The molecule has 1 aliphatic heterocycles. The lowest BCUT2D eigenvalue weighted by atomic mass is 10.1. The largest absolute Gasteiger partial charge is 0.454 e. The van der Waals surface area contributed by atoms with E-state index in [0.717, 1.165) is 5.69 Å². The lowest BCUT2D eigenvalue weighted by Crippen LogP contribution is -2.40. The topological polar surface area (TPSA) is 150 Å². The van der Waals surface area contributed by atoms with E-state index in [1.165, 1.54) is 16.4 Å². The van der Waals surface area contributed by atoms with Gasteiger partial charge >= 0.3 is 5.97 Å². The number of nitrogens with zero attached hydrogens (tertiary/aromatic N) is 4. The van der Waals surface area contributed by atoms with Crippen LogP contribution in [-0.2, 0) is 26.1 Å². The van der Waals surface area contributed by atoms with Gasteiger partial charge in [0.25, 0.3) is 0 Å². The van der Waals surface area contributed by atoms with Crippen molar-refractivity contribution in [3.8, 4) is 0 Å². The molecule has 0 unspecified atom stereocenters. The summed E-state index contributed by atoms with van der Waals surface area (Å²) in [6.07, 6.45) is 0. The van der Waals surface area contributed by atoms with Gasteiger partial charge in [0.05, 0.1) is 23.7 Å². The summed E-state index contributed by atoms with van der Waals surface area (Å²) in [6.45, 7) is 2.59. The van der Waals surface area contributed by atoms with Crippen LogP contribution in [0.3, 0.4) is 0 Å². The Morgan fingerprint density at radius 1 is 1.12 bits per heavy atom. The second kappa shape index (κ2) is 10.1. The third kappa shape index (κ3) is 5.47. The molecule has 11 nitrogen and oxygen atoms in total. The number of anilines is 3. The van der Waals surface area contributed by atoms with Gasteiger partial charge in [0.2, 0.25) is 21.9 Å². The van der Waals surface area contributed by atoms with Crippen molar-refractivity contribution < 1.29 is 22.7 Å². The molecule has 1 aromatic heterocycles. The molecule has 3 aromatic rings. The number of aryl methyl sites for hydroxylation is 1. The molecule has 2 aromatic carbocycles. The van der Waals surface area contributed by atoms with Crippen LogP contribution in [0.2, 0.25) is 0 Å². The molecule has 0 aliphatic carbocycles. The number of carbonyl (C=O) groups is 1. The van der Waals surface area contributed by atoms with Crippen molar-refractivity contribution in [3.05, 3.63) is 65.5 Å². The molecule has 1 fully saturated rings. The molecule has 178 valence electrons. The first-order valence-corrected chi connectivity index (χ1v) is 11.9. The number of nitrogens with one attached hydrogen (secondary N) is 1. The summed E-state index contributed by atoms with van der Waals surface area (Å²) >= 11 is 0. The number of carbonyl (C=O) groups excluding carboxylic acids is 1. The lowest BCUT2D eigenvalue weighted by Gasteiger charge is -2.26. The number of hydrogen-bond donors (Lipinski definition) is 2. The zero-order chi connectivity index (χ0) is 24.1. The van der Waals surface area contributed by atoms with Crippen molar-refractivity contribution >= 4 is 33.6 Å². The molecule has 0 bridgehead atoms. The summed E-state index contributed by atoms with van der Waals surface area (Å²) in [7, 11) is -3.77. The van der Waals surface area contributed by atoms with E-state index in [4.69, 9.17) is 15.2 Å². The Hall–Kier alpha value is -3.61. The highest BCUT2D eigenvalue weighted by molar-refractivity contribution is 7.89. The third-order valence-corrected chi connectivity index (χ3v) is 7.11. The summed E-state index contributed by atoms with van der Waals surface area (Å²) < 4.78 is 38.0. The Morgan fingerprint density at radius 3 is 2.59 bits per heavy atom. The van der Waals surface area contributed by atoms with Gasteiger partial charge in [-0.3, -0.25) is 0 Å². The predicted molar refractivity (Wildman–Crippen MR) is 124 cm³/mol. The van der Waals surface area contributed by atoms with Gasteiger partial charge in [-0.25, -0.2) is 13.2 Å². The zero-order valence-corrected chi connectivity index (χ0v) is 19.3. The van der Waals surface area contributed by atoms with Gasteiger partial charge in [0.15, 0.2) is 12.4 Å². The quantitative estimate of drug-likeness (QED) is 0.476. The summed E-state index contributed by atoms with van der Waals surface area (Å²) in [5, 5.41) is 3.00. The molecular formula is C22H24N6O5S. The van der Waals surface area contributed by atoms with Crippen molar-refractivity contribution in [1.29, 1.82) is 0 Å². The average molecular weight is 485 g/mol. The minimum Gasteiger partial charge on any atom is -0.454 e. The van der Waals surface area contributed by atoms with E-state index in [1.54, 1.807) is 13.0 Å². The minimum atomic E-state index is -3.77. The molecule has 0 spiro atoms. The standard InChI is InChI=1S/C22H24N6O5S/c1-15-7-8-16(13-18(15)34(30,31)28-9-11-32-12-10-28)20(29)33-14-19-25-21(23)27-22(26-19)24-17-5-3-2-4-6-17/h2-8,13H,9-12,14H2,1H3,(H3,23,24,25,26,27). The van der Waals surface area contributed by atoms with E-state index < -0.39 is 16.0 Å². The molecule has 2 heterocycles. The maximum Gasteiger partial charge on any atom is 0.338 e. The van der Waals surface area contributed by atoms with Crippen LogP contribution in [0.1, 0.15) is 21.7 Å². The molecule has 4 rings (SSSR count). The molecule has 0 atom stereocenters. The zero-order valence-electron chi connectivity index (χ0n) is 18.5. The van der Waals surface area contributed by atoms with Gasteiger partial charge in [-0.05, 0) is 36.8 Å². The van der Waals surface area contributed by atoms with Crippen LogP contribution in [0.4, 0.5) is 17.6 Å². The second-order valence-electron chi connectivity index (χ2n) is 7.50. The monoisotopic (exact) mass is 484 g/mol. The highest BCUT2D eigenvalue weighted by atomic mass is 32.2. The molecular weight excluding hydrogens is 460 g/mol. The van der Waals surface area contributed by atoms with Crippen LogP contribution in [0.15, 0.2) is 53.4 Å². The predicted octanol–water partition coefficient (Wildman–Crippen LogP) is 1.88. The van der Waals surface area contributed by atoms with Crippen LogP contribution in [-0.4, -0.2) is 59.9 Å². The van der Waals surface area contributed by atoms with Crippen LogP contribution >= 0.6 is 0 Å². The fourth-order valence-electron chi connectivity index (χ4n) is 3.35. The number of esters is 1. The summed E-state index contributed by atoms with van der Waals surface area (Å²) in [5.41, 5.74) is 7.15. The Labute approximate surface area is 197 Å². The van der Waals surface area contributed by atoms with Gasteiger partial charge in [-0.1, -0.05) is 24.3 Å². The van der Waals surface area contributed by atoms with Crippen LogP contribution in [0.25, 0.3) is 0 Å². The van der Waals surface area contributed by atoms with E-state index in [2.05, 4.69) is 20.3 Å². The number of hydrogen-bond acceptors (Lipinski definition) is 10. The SMILES string of the molecule is Cc1ccc(C(=O)OCc2nc(N)nc(Nc3ccccc3)n2)cc1S(=O)(=O)N1CCOCC1. The van der Waals surface area contributed by atoms with Gasteiger partial charge in [0, 0.05) is 18.8 Å². The normalized spacial score (nSPS) is 14.5. The van der Waals surface area contributed by atoms with Crippen molar-refractivity contribution in [2.75, 3.05) is 37.4 Å². The number of benzene rings is 2. The summed E-state index contributed by atoms with van der Waals surface area (Å²) in [6, 6.07) is 13.7. The van der Waals surface area contributed by atoms with Gasteiger partial charge in [0.1, 0.15) is 0 Å². The number of aromatic nitrogens is 3. The number of nitrogens with two attached hydrogens (primary N) is 1. The number of para-hydroxylation sites is 1. The maximum absolute atomic E-state index is 13.1. The fourth-order valence-corrected chi connectivity index (χ4v) is 5.01. The Balaban J connectivity index is 1.48. The Bertz CT molecular complexity index is 1280. The highest BCUT2D eigenvalue weighted by Crippen LogP contribution is 2.23. The van der Waals surface area contributed by atoms with E-state index >= 15 is 0 Å². The smallest absolute Gasteiger partial charge is 0.338 e. The molecule has 1 aliphatic rings. The van der Waals surface area contributed by atoms with Gasteiger partial charge in [-0.2, -0.15) is 19.3 Å². The summed E-state index contributed by atoms with van der Waals surface area (Å²) in [4.78, 5) is 25.0. The van der Waals surface area contributed by atoms with Crippen molar-refractivity contribution in [2.45, 2.75) is 18.4 Å². The number of morpholine rings is 1. The first kappa shape index (κ1) is 23.5. The molecule has 0 radical (unpaired) electrons.